The highest BCUT2D eigenvalue weighted by molar-refractivity contribution is 7.89. The van der Waals surface area contributed by atoms with Crippen molar-refractivity contribution >= 4 is 21.5 Å². The Labute approximate surface area is 166 Å². The lowest BCUT2D eigenvalue weighted by molar-refractivity contribution is 0.101. The first kappa shape index (κ1) is 20.4. The molecule has 1 heterocycles. The number of ketones is 1. The third kappa shape index (κ3) is 4.72. The molecule has 1 aliphatic rings. The molecule has 6 nitrogen and oxygen atoms in total. The summed E-state index contributed by atoms with van der Waals surface area (Å²) < 4.78 is 32.6. The maximum Gasteiger partial charge on any atom is 0.243 e. The number of benzene rings is 2. The number of carbonyl (C=O) groups excluding carboxylic acids is 1. The summed E-state index contributed by atoms with van der Waals surface area (Å²) in [5.74, 6) is 0.869. The van der Waals surface area contributed by atoms with Crippen molar-refractivity contribution in [1.82, 2.24) is 4.31 Å². The Morgan fingerprint density at radius 1 is 1.21 bits per heavy atom. The van der Waals surface area contributed by atoms with Crippen LogP contribution < -0.4 is 10.1 Å². The SMILES string of the molecule is COc1cccc(NCC(=O)c2cccc(S(=O)(=O)N3CCCC(C)C3)c2)c1. The van der Waals surface area contributed by atoms with Gasteiger partial charge in [-0.25, -0.2) is 8.42 Å². The molecule has 0 aliphatic carbocycles. The lowest BCUT2D eigenvalue weighted by Gasteiger charge is -2.30. The smallest absolute Gasteiger partial charge is 0.243 e. The minimum Gasteiger partial charge on any atom is -0.497 e. The fraction of sp³-hybridized carbons (Fsp3) is 0.381. The van der Waals surface area contributed by atoms with Crippen molar-refractivity contribution in [2.24, 2.45) is 5.92 Å². The van der Waals surface area contributed by atoms with Crippen molar-refractivity contribution in [1.29, 1.82) is 0 Å². The van der Waals surface area contributed by atoms with Gasteiger partial charge in [0.25, 0.3) is 0 Å². The van der Waals surface area contributed by atoms with E-state index in [1.165, 1.54) is 10.4 Å². The lowest BCUT2D eigenvalue weighted by Crippen LogP contribution is -2.39. The van der Waals surface area contributed by atoms with E-state index in [0.29, 0.717) is 30.3 Å². The van der Waals surface area contributed by atoms with E-state index in [1.54, 1.807) is 31.4 Å². The van der Waals surface area contributed by atoms with E-state index in [4.69, 9.17) is 4.74 Å². The van der Waals surface area contributed by atoms with Crippen LogP contribution in [0.4, 0.5) is 5.69 Å². The topological polar surface area (TPSA) is 75.7 Å². The van der Waals surface area contributed by atoms with Crippen LogP contribution in [0.1, 0.15) is 30.1 Å². The van der Waals surface area contributed by atoms with E-state index >= 15 is 0 Å². The molecule has 1 unspecified atom stereocenters. The molecule has 1 saturated heterocycles. The Morgan fingerprint density at radius 2 is 2.00 bits per heavy atom. The van der Waals surface area contributed by atoms with Crippen LogP contribution in [-0.2, 0) is 10.0 Å². The first-order valence-corrected chi connectivity index (χ1v) is 10.9. The quantitative estimate of drug-likeness (QED) is 0.719. The van der Waals surface area contributed by atoms with Gasteiger partial charge in [0.05, 0.1) is 18.6 Å². The van der Waals surface area contributed by atoms with Crippen LogP contribution >= 0.6 is 0 Å². The summed E-state index contributed by atoms with van der Waals surface area (Å²) in [5.41, 5.74) is 1.14. The van der Waals surface area contributed by atoms with E-state index in [9.17, 15) is 13.2 Å². The number of nitrogens with one attached hydrogen (secondary N) is 1. The third-order valence-electron chi connectivity index (χ3n) is 4.94. The van der Waals surface area contributed by atoms with Crippen molar-refractivity contribution < 1.29 is 17.9 Å². The van der Waals surface area contributed by atoms with Crippen LogP contribution in [0, 0.1) is 5.92 Å². The number of rotatable bonds is 7. The van der Waals surface area contributed by atoms with Gasteiger partial charge in [0.15, 0.2) is 5.78 Å². The molecule has 1 aliphatic heterocycles. The zero-order valence-corrected chi connectivity index (χ0v) is 17.0. The summed E-state index contributed by atoms with van der Waals surface area (Å²) in [6, 6.07) is 13.6. The number of hydrogen-bond acceptors (Lipinski definition) is 5. The van der Waals surface area contributed by atoms with Crippen LogP contribution in [0.25, 0.3) is 0 Å². The molecule has 28 heavy (non-hydrogen) atoms. The van der Waals surface area contributed by atoms with Crippen LogP contribution in [0.5, 0.6) is 5.75 Å². The number of piperidine rings is 1. The number of methoxy groups -OCH3 is 1. The number of nitrogens with zero attached hydrogens (tertiary/aromatic N) is 1. The fourth-order valence-electron chi connectivity index (χ4n) is 3.36. The Morgan fingerprint density at radius 3 is 2.75 bits per heavy atom. The molecule has 0 bridgehead atoms. The predicted molar refractivity (Wildman–Crippen MR) is 109 cm³/mol. The van der Waals surface area contributed by atoms with Crippen molar-refractivity contribution in [3.63, 3.8) is 0 Å². The minimum absolute atomic E-state index is 0.0669. The number of Topliss-reactive ketones (excluding diaryl/α,β-unsaturated/α-hetero) is 1. The predicted octanol–water partition coefficient (Wildman–Crippen LogP) is 3.41. The molecular formula is C21H26N2O4S. The lowest BCUT2D eigenvalue weighted by atomic mass is 10.0. The van der Waals surface area contributed by atoms with Gasteiger partial charge < -0.3 is 10.1 Å². The molecule has 0 radical (unpaired) electrons. The molecule has 0 amide bonds. The van der Waals surface area contributed by atoms with Gasteiger partial charge >= 0.3 is 0 Å². The molecule has 0 spiro atoms. The molecule has 3 rings (SSSR count). The summed E-state index contributed by atoms with van der Waals surface area (Å²) in [6.45, 7) is 3.18. The molecule has 0 saturated carbocycles. The summed E-state index contributed by atoms with van der Waals surface area (Å²) in [5, 5.41) is 3.06. The van der Waals surface area contributed by atoms with Gasteiger partial charge in [-0.1, -0.05) is 25.1 Å². The van der Waals surface area contributed by atoms with E-state index < -0.39 is 10.0 Å². The number of ether oxygens (including phenoxy) is 1. The number of anilines is 1. The van der Waals surface area contributed by atoms with Crippen LogP contribution in [0.15, 0.2) is 53.4 Å². The average Bonchev–Trinajstić information content (AvgIpc) is 2.72. The Bertz CT molecular complexity index is 943. The molecule has 0 aromatic heterocycles. The first-order valence-electron chi connectivity index (χ1n) is 9.41. The average molecular weight is 403 g/mol. The molecule has 2 aromatic carbocycles. The van der Waals surface area contributed by atoms with Gasteiger partial charge in [0.2, 0.25) is 10.0 Å². The molecule has 1 atom stereocenters. The minimum atomic E-state index is -3.58. The van der Waals surface area contributed by atoms with Gasteiger partial charge in [-0.15, -0.1) is 0 Å². The van der Waals surface area contributed by atoms with Crippen LogP contribution in [0.2, 0.25) is 0 Å². The largest absolute Gasteiger partial charge is 0.497 e. The Kier molecular flexibility index (Phi) is 6.36. The standard InChI is InChI=1S/C21H26N2O4S/c1-16-6-5-11-23(15-16)28(25,26)20-10-3-7-17(12-20)21(24)14-22-18-8-4-9-19(13-18)27-2/h3-4,7-10,12-13,16,22H,5-6,11,14-15H2,1-2H3. The number of sulfonamides is 1. The highest BCUT2D eigenvalue weighted by Gasteiger charge is 2.29. The van der Waals surface area contributed by atoms with Crippen LogP contribution in [-0.4, -0.2) is 45.3 Å². The van der Waals surface area contributed by atoms with E-state index in [2.05, 4.69) is 12.2 Å². The van der Waals surface area contributed by atoms with Crippen molar-refractivity contribution in [2.75, 3.05) is 32.1 Å². The van der Waals surface area contributed by atoms with Gasteiger partial charge in [-0.2, -0.15) is 4.31 Å². The fourth-order valence-corrected chi connectivity index (χ4v) is 5.01. The first-order chi connectivity index (χ1) is 13.4. The van der Waals surface area contributed by atoms with E-state index in [0.717, 1.165) is 18.5 Å². The second-order valence-corrected chi connectivity index (χ2v) is 9.08. The van der Waals surface area contributed by atoms with Gasteiger partial charge in [0.1, 0.15) is 5.75 Å². The zero-order chi connectivity index (χ0) is 20.1. The van der Waals surface area contributed by atoms with Crippen molar-refractivity contribution in [3.8, 4) is 5.75 Å². The Hall–Kier alpha value is -2.38. The number of carbonyl (C=O) groups is 1. The summed E-state index contributed by atoms with van der Waals surface area (Å²) in [7, 11) is -2.00. The molecule has 1 fully saturated rings. The summed E-state index contributed by atoms with van der Waals surface area (Å²) in [4.78, 5) is 12.8. The van der Waals surface area contributed by atoms with E-state index in [-0.39, 0.29) is 17.2 Å². The second kappa shape index (κ2) is 8.75. The third-order valence-corrected chi connectivity index (χ3v) is 6.80. The Balaban J connectivity index is 1.72. The normalized spacial score (nSPS) is 17.9. The van der Waals surface area contributed by atoms with Crippen molar-refractivity contribution in [2.45, 2.75) is 24.7 Å². The molecular weight excluding hydrogens is 376 g/mol. The van der Waals surface area contributed by atoms with Gasteiger partial charge in [0, 0.05) is 30.4 Å². The second-order valence-electron chi connectivity index (χ2n) is 7.15. The zero-order valence-electron chi connectivity index (χ0n) is 16.2. The molecule has 2 aromatic rings. The summed E-state index contributed by atoms with van der Waals surface area (Å²) >= 11 is 0. The van der Waals surface area contributed by atoms with Gasteiger partial charge in [-0.3, -0.25) is 4.79 Å². The number of hydrogen-bond donors (Lipinski definition) is 1. The maximum absolute atomic E-state index is 12.9. The van der Waals surface area contributed by atoms with Crippen molar-refractivity contribution in [3.05, 3.63) is 54.1 Å². The summed E-state index contributed by atoms with van der Waals surface area (Å²) in [6.07, 6.45) is 1.91. The molecule has 150 valence electrons. The highest BCUT2D eigenvalue weighted by atomic mass is 32.2. The maximum atomic E-state index is 12.9. The van der Waals surface area contributed by atoms with Crippen LogP contribution in [0.3, 0.4) is 0 Å². The molecule has 7 heteroatoms. The monoisotopic (exact) mass is 402 g/mol. The highest BCUT2D eigenvalue weighted by Crippen LogP contribution is 2.24. The molecule has 1 N–H and O–H groups in total. The van der Waals surface area contributed by atoms with E-state index in [1.807, 2.05) is 18.2 Å². The van der Waals surface area contributed by atoms with Gasteiger partial charge in [-0.05, 0) is 43.0 Å².